The summed E-state index contributed by atoms with van der Waals surface area (Å²) >= 11 is 6.20. The van der Waals surface area contributed by atoms with Gasteiger partial charge in [0.1, 0.15) is 17.9 Å². The zero-order valence-electron chi connectivity index (χ0n) is 11.7. The summed E-state index contributed by atoms with van der Waals surface area (Å²) in [5, 5.41) is 3.94. The maximum Gasteiger partial charge on any atom is 0.129 e. The predicted octanol–water partition coefficient (Wildman–Crippen LogP) is 3.70. The van der Waals surface area contributed by atoms with Crippen molar-refractivity contribution in [3.05, 3.63) is 46.9 Å². The third-order valence-electron chi connectivity index (χ3n) is 2.97. The lowest BCUT2D eigenvalue weighted by molar-refractivity contribution is 0.410. The second-order valence-electron chi connectivity index (χ2n) is 4.42. The first kappa shape index (κ1) is 14.6. The van der Waals surface area contributed by atoms with Crippen LogP contribution in [0.3, 0.4) is 0 Å². The van der Waals surface area contributed by atoms with Gasteiger partial charge >= 0.3 is 0 Å². The van der Waals surface area contributed by atoms with E-state index in [-0.39, 0.29) is 0 Å². The standard InChI is InChI=1S/C15H18ClN3O/c1-3-5-11-8-15(19-10-18-11)17-9-12-13(16)6-4-7-14(12)20-2/h4,6-8,10H,3,5,9H2,1-2H3,(H,17,18,19). The van der Waals surface area contributed by atoms with E-state index in [1.54, 1.807) is 13.4 Å². The van der Waals surface area contributed by atoms with Crippen LogP contribution in [0, 0.1) is 0 Å². The number of nitrogens with zero attached hydrogens (tertiary/aromatic N) is 2. The first-order valence-corrected chi connectivity index (χ1v) is 6.98. The quantitative estimate of drug-likeness (QED) is 0.881. The van der Waals surface area contributed by atoms with E-state index < -0.39 is 0 Å². The fourth-order valence-electron chi connectivity index (χ4n) is 1.97. The van der Waals surface area contributed by atoms with Gasteiger partial charge in [-0.05, 0) is 18.6 Å². The van der Waals surface area contributed by atoms with E-state index in [9.17, 15) is 0 Å². The zero-order chi connectivity index (χ0) is 14.4. The summed E-state index contributed by atoms with van der Waals surface area (Å²) in [4.78, 5) is 8.45. The van der Waals surface area contributed by atoms with E-state index in [0.717, 1.165) is 35.7 Å². The molecular weight excluding hydrogens is 274 g/mol. The van der Waals surface area contributed by atoms with Crippen LogP contribution in [-0.4, -0.2) is 17.1 Å². The molecule has 4 nitrogen and oxygen atoms in total. The average molecular weight is 292 g/mol. The van der Waals surface area contributed by atoms with Gasteiger partial charge in [0, 0.05) is 28.9 Å². The number of nitrogens with one attached hydrogen (secondary N) is 1. The van der Waals surface area contributed by atoms with Gasteiger partial charge in [-0.2, -0.15) is 0 Å². The summed E-state index contributed by atoms with van der Waals surface area (Å²) in [5.74, 6) is 1.57. The first-order chi connectivity index (χ1) is 9.74. The molecule has 1 N–H and O–H groups in total. The summed E-state index contributed by atoms with van der Waals surface area (Å²) in [5.41, 5.74) is 1.96. The van der Waals surface area contributed by atoms with Gasteiger partial charge in [0.25, 0.3) is 0 Å². The maximum absolute atomic E-state index is 6.20. The number of benzene rings is 1. The molecule has 0 saturated carbocycles. The van der Waals surface area contributed by atoms with Crippen LogP contribution in [0.2, 0.25) is 5.02 Å². The second kappa shape index (κ2) is 7.10. The number of rotatable bonds is 6. The molecule has 0 fully saturated rings. The van der Waals surface area contributed by atoms with Crippen LogP contribution >= 0.6 is 11.6 Å². The van der Waals surface area contributed by atoms with E-state index in [1.807, 2.05) is 24.3 Å². The van der Waals surface area contributed by atoms with Gasteiger partial charge in [-0.1, -0.05) is 31.0 Å². The molecule has 0 aliphatic rings. The number of aromatic nitrogens is 2. The molecule has 0 bridgehead atoms. The molecule has 106 valence electrons. The Morgan fingerprint density at radius 1 is 1.30 bits per heavy atom. The van der Waals surface area contributed by atoms with Gasteiger partial charge in [-0.25, -0.2) is 9.97 Å². The minimum absolute atomic E-state index is 0.561. The maximum atomic E-state index is 6.20. The van der Waals surface area contributed by atoms with Crippen LogP contribution in [0.15, 0.2) is 30.6 Å². The van der Waals surface area contributed by atoms with Crippen molar-refractivity contribution in [1.82, 2.24) is 9.97 Å². The molecule has 1 aromatic heterocycles. The predicted molar refractivity (Wildman–Crippen MR) is 81.4 cm³/mol. The Hall–Kier alpha value is -1.81. The molecule has 2 rings (SSSR count). The van der Waals surface area contributed by atoms with E-state index in [0.29, 0.717) is 11.6 Å². The average Bonchev–Trinajstić information content (AvgIpc) is 2.46. The highest BCUT2D eigenvalue weighted by Gasteiger charge is 2.07. The lowest BCUT2D eigenvalue weighted by Crippen LogP contribution is -2.05. The lowest BCUT2D eigenvalue weighted by Gasteiger charge is -2.12. The van der Waals surface area contributed by atoms with Gasteiger partial charge in [-0.3, -0.25) is 0 Å². The van der Waals surface area contributed by atoms with Crippen LogP contribution in [-0.2, 0) is 13.0 Å². The Morgan fingerprint density at radius 3 is 2.90 bits per heavy atom. The van der Waals surface area contributed by atoms with Crippen LogP contribution in [0.25, 0.3) is 0 Å². The van der Waals surface area contributed by atoms with Crippen molar-refractivity contribution in [1.29, 1.82) is 0 Å². The summed E-state index contributed by atoms with van der Waals surface area (Å²) in [6.07, 6.45) is 3.60. The van der Waals surface area contributed by atoms with Crippen molar-refractivity contribution in [3.8, 4) is 5.75 Å². The largest absolute Gasteiger partial charge is 0.496 e. The number of hydrogen-bond acceptors (Lipinski definition) is 4. The molecule has 0 saturated heterocycles. The van der Waals surface area contributed by atoms with Crippen LogP contribution in [0.5, 0.6) is 5.75 Å². The number of ether oxygens (including phenoxy) is 1. The highest BCUT2D eigenvalue weighted by Crippen LogP contribution is 2.26. The van der Waals surface area contributed by atoms with E-state index in [1.165, 1.54) is 0 Å². The molecule has 0 unspecified atom stereocenters. The number of methoxy groups -OCH3 is 1. The number of halogens is 1. The molecule has 1 aromatic carbocycles. The lowest BCUT2D eigenvalue weighted by atomic mass is 10.2. The highest BCUT2D eigenvalue weighted by atomic mass is 35.5. The normalized spacial score (nSPS) is 10.3. The molecule has 1 heterocycles. The van der Waals surface area contributed by atoms with Gasteiger partial charge < -0.3 is 10.1 Å². The molecular formula is C15H18ClN3O. The van der Waals surface area contributed by atoms with Crippen molar-refractivity contribution in [2.45, 2.75) is 26.3 Å². The van der Waals surface area contributed by atoms with Crippen molar-refractivity contribution in [2.24, 2.45) is 0 Å². The molecule has 0 atom stereocenters. The summed E-state index contributed by atoms with van der Waals surface area (Å²) in [6.45, 7) is 2.69. The second-order valence-corrected chi connectivity index (χ2v) is 4.83. The Kier molecular flexibility index (Phi) is 5.18. The monoisotopic (exact) mass is 291 g/mol. The molecule has 0 spiro atoms. The molecule has 0 amide bonds. The van der Waals surface area contributed by atoms with Crippen molar-refractivity contribution in [2.75, 3.05) is 12.4 Å². The van der Waals surface area contributed by atoms with E-state index in [4.69, 9.17) is 16.3 Å². The Balaban J connectivity index is 2.10. The Labute approximate surface area is 124 Å². The van der Waals surface area contributed by atoms with Crippen molar-refractivity contribution >= 4 is 17.4 Å². The minimum Gasteiger partial charge on any atom is -0.496 e. The van der Waals surface area contributed by atoms with E-state index >= 15 is 0 Å². The third kappa shape index (κ3) is 3.61. The molecule has 0 aliphatic carbocycles. The van der Waals surface area contributed by atoms with Gasteiger partial charge in [0.15, 0.2) is 0 Å². The summed E-state index contributed by atoms with van der Waals surface area (Å²) in [7, 11) is 1.64. The van der Waals surface area contributed by atoms with Crippen molar-refractivity contribution in [3.63, 3.8) is 0 Å². The number of anilines is 1. The molecule has 0 radical (unpaired) electrons. The minimum atomic E-state index is 0.561. The third-order valence-corrected chi connectivity index (χ3v) is 3.33. The summed E-state index contributed by atoms with van der Waals surface area (Å²) < 4.78 is 5.32. The fourth-order valence-corrected chi connectivity index (χ4v) is 2.20. The van der Waals surface area contributed by atoms with Crippen LogP contribution in [0.1, 0.15) is 24.6 Å². The summed E-state index contributed by atoms with van der Waals surface area (Å²) in [6, 6.07) is 7.58. The first-order valence-electron chi connectivity index (χ1n) is 6.60. The molecule has 20 heavy (non-hydrogen) atoms. The van der Waals surface area contributed by atoms with Crippen molar-refractivity contribution < 1.29 is 4.74 Å². The van der Waals surface area contributed by atoms with Crippen LogP contribution < -0.4 is 10.1 Å². The smallest absolute Gasteiger partial charge is 0.129 e. The van der Waals surface area contributed by atoms with Crippen LogP contribution in [0.4, 0.5) is 5.82 Å². The number of aryl methyl sites for hydroxylation is 1. The highest BCUT2D eigenvalue weighted by molar-refractivity contribution is 6.31. The fraction of sp³-hybridized carbons (Fsp3) is 0.333. The Bertz CT molecular complexity index is 575. The molecule has 2 aromatic rings. The zero-order valence-corrected chi connectivity index (χ0v) is 12.4. The van der Waals surface area contributed by atoms with E-state index in [2.05, 4.69) is 22.2 Å². The van der Waals surface area contributed by atoms with Gasteiger partial charge in [0.2, 0.25) is 0 Å². The molecule has 0 aliphatic heterocycles. The SMILES string of the molecule is CCCc1cc(NCc2c(Cl)cccc2OC)ncn1. The Morgan fingerprint density at radius 2 is 2.15 bits per heavy atom. The number of hydrogen-bond donors (Lipinski definition) is 1. The van der Waals surface area contributed by atoms with Gasteiger partial charge in [0.05, 0.1) is 7.11 Å². The van der Waals surface area contributed by atoms with Gasteiger partial charge in [-0.15, -0.1) is 0 Å². The molecule has 5 heteroatoms. The topological polar surface area (TPSA) is 47.0 Å².